The number of anilines is 1. The first-order valence-corrected chi connectivity index (χ1v) is 10.9. The van der Waals surface area contributed by atoms with E-state index in [-0.39, 0.29) is 5.91 Å². The van der Waals surface area contributed by atoms with Crippen LogP contribution in [0.15, 0.2) is 89.3 Å². The molecule has 32 heavy (non-hydrogen) atoms. The zero-order valence-corrected chi connectivity index (χ0v) is 17.8. The first-order valence-electron chi connectivity index (χ1n) is 10.0. The van der Waals surface area contributed by atoms with Crippen molar-refractivity contribution in [2.75, 3.05) is 5.32 Å². The van der Waals surface area contributed by atoms with Gasteiger partial charge in [-0.25, -0.2) is 4.98 Å². The quantitative estimate of drug-likeness (QED) is 0.389. The summed E-state index contributed by atoms with van der Waals surface area (Å²) in [5, 5.41) is 9.04. The molecule has 0 aliphatic carbocycles. The summed E-state index contributed by atoms with van der Waals surface area (Å²) in [7, 11) is 0. The van der Waals surface area contributed by atoms with Gasteiger partial charge in [-0.15, -0.1) is 11.3 Å². The minimum absolute atomic E-state index is 0.170. The molecule has 0 radical (unpaired) electrons. The fraction of sp³-hybridized carbons (Fsp3) is 0.0833. The number of imidazole rings is 1. The molecule has 0 aliphatic rings. The molecule has 0 bridgehead atoms. The lowest BCUT2D eigenvalue weighted by Gasteiger charge is -2.10. The Morgan fingerprint density at radius 3 is 2.72 bits per heavy atom. The van der Waals surface area contributed by atoms with Crippen molar-refractivity contribution in [1.82, 2.24) is 19.7 Å². The molecule has 5 aromatic rings. The van der Waals surface area contributed by atoms with Crippen molar-refractivity contribution in [3.05, 3.63) is 107 Å². The highest BCUT2D eigenvalue weighted by atomic mass is 32.1. The first-order chi connectivity index (χ1) is 15.7. The smallest absolute Gasteiger partial charge is 0.255 e. The molecule has 5 rings (SSSR count). The maximum Gasteiger partial charge on any atom is 0.255 e. The van der Waals surface area contributed by atoms with E-state index in [1.54, 1.807) is 23.9 Å². The van der Waals surface area contributed by atoms with Crippen molar-refractivity contribution < 1.29 is 9.32 Å². The Kier molecular flexibility index (Phi) is 5.59. The van der Waals surface area contributed by atoms with Gasteiger partial charge in [0.15, 0.2) is 0 Å². The fourth-order valence-corrected chi connectivity index (χ4v) is 3.99. The summed E-state index contributed by atoms with van der Waals surface area (Å²) < 4.78 is 7.40. The summed E-state index contributed by atoms with van der Waals surface area (Å²) in [5.41, 5.74) is 3.31. The van der Waals surface area contributed by atoms with Gasteiger partial charge in [0, 0.05) is 30.2 Å². The summed E-state index contributed by atoms with van der Waals surface area (Å²) >= 11 is 1.56. The van der Waals surface area contributed by atoms with Crippen LogP contribution >= 0.6 is 11.3 Å². The molecule has 0 saturated heterocycles. The number of hydrogen-bond donors (Lipinski definition) is 1. The number of benzene rings is 2. The third-order valence-corrected chi connectivity index (χ3v) is 5.82. The molecular formula is C24H19N5O2S. The number of carbonyl (C=O) groups is 1. The normalized spacial score (nSPS) is 10.9. The van der Waals surface area contributed by atoms with Gasteiger partial charge in [-0.3, -0.25) is 4.79 Å². The number of thiophene rings is 1. The maximum atomic E-state index is 12.8. The second kappa shape index (κ2) is 8.99. The minimum Gasteiger partial charge on any atom is -0.339 e. The van der Waals surface area contributed by atoms with Crippen LogP contribution in [0.5, 0.6) is 0 Å². The summed E-state index contributed by atoms with van der Waals surface area (Å²) in [6.07, 6.45) is 5.85. The van der Waals surface area contributed by atoms with E-state index in [1.165, 1.54) is 0 Å². The van der Waals surface area contributed by atoms with Gasteiger partial charge in [0.1, 0.15) is 0 Å². The lowest BCUT2D eigenvalue weighted by molar-refractivity contribution is 0.102. The van der Waals surface area contributed by atoms with E-state index in [9.17, 15) is 4.79 Å². The molecule has 2 aromatic carbocycles. The van der Waals surface area contributed by atoms with Crippen molar-refractivity contribution >= 4 is 22.9 Å². The summed E-state index contributed by atoms with van der Waals surface area (Å²) in [4.78, 5) is 22.3. The summed E-state index contributed by atoms with van der Waals surface area (Å²) in [6, 6.07) is 19.1. The average Bonchev–Trinajstić information content (AvgIpc) is 3.59. The molecule has 158 valence electrons. The standard InChI is InChI=1S/C24H19N5O2S/c30-24(18-9-7-17(8-10-18)15-29-12-11-25-16-29)26-20-5-2-1-4-19(20)14-22-27-23(28-31-22)21-6-3-13-32-21/h1-13,16H,14-15H2,(H,26,30). The number of carbonyl (C=O) groups excluding carboxylic acids is 1. The predicted molar refractivity (Wildman–Crippen MR) is 123 cm³/mol. The van der Waals surface area contributed by atoms with E-state index in [0.717, 1.165) is 21.7 Å². The van der Waals surface area contributed by atoms with Gasteiger partial charge in [0.05, 0.1) is 17.6 Å². The highest BCUT2D eigenvalue weighted by Gasteiger charge is 2.14. The van der Waals surface area contributed by atoms with Crippen LogP contribution < -0.4 is 5.32 Å². The Morgan fingerprint density at radius 1 is 1.06 bits per heavy atom. The zero-order chi connectivity index (χ0) is 21.8. The Bertz CT molecular complexity index is 1310. The molecule has 3 aromatic heterocycles. The Morgan fingerprint density at radius 2 is 1.94 bits per heavy atom. The second-order valence-corrected chi connectivity index (χ2v) is 8.16. The van der Waals surface area contributed by atoms with Crippen molar-refractivity contribution in [3.63, 3.8) is 0 Å². The second-order valence-electron chi connectivity index (χ2n) is 7.21. The van der Waals surface area contributed by atoms with Crippen LogP contribution in [0.25, 0.3) is 10.7 Å². The molecule has 7 nitrogen and oxygen atoms in total. The van der Waals surface area contributed by atoms with Crippen LogP contribution in [0.3, 0.4) is 0 Å². The van der Waals surface area contributed by atoms with Crippen LogP contribution in [-0.2, 0) is 13.0 Å². The number of hydrogen-bond acceptors (Lipinski definition) is 6. The largest absolute Gasteiger partial charge is 0.339 e. The number of nitrogens with one attached hydrogen (secondary N) is 1. The topological polar surface area (TPSA) is 85.8 Å². The van der Waals surface area contributed by atoms with Crippen molar-refractivity contribution in [1.29, 1.82) is 0 Å². The minimum atomic E-state index is -0.170. The van der Waals surface area contributed by atoms with Gasteiger partial charge in [0.25, 0.3) is 5.91 Å². The number of para-hydroxylation sites is 1. The third kappa shape index (κ3) is 4.50. The van der Waals surface area contributed by atoms with E-state index in [2.05, 4.69) is 20.4 Å². The van der Waals surface area contributed by atoms with E-state index in [4.69, 9.17) is 4.52 Å². The summed E-state index contributed by atoms with van der Waals surface area (Å²) in [5.74, 6) is 0.905. The molecule has 1 N–H and O–H groups in total. The Hall–Kier alpha value is -4.04. The molecule has 0 aliphatic heterocycles. The molecule has 0 unspecified atom stereocenters. The zero-order valence-electron chi connectivity index (χ0n) is 17.0. The Labute approximate surface area is 188 Å². The molecule has 0 saturated carbocycles. The monoisotopic (exact) mass is 441 g/mol. The first kappa shape index (κ1) is 19.9. The van der Waals surface area contributed by atoms with Gasteiger partial charge >= 0.3 is 0 Å². The number of aromatic nitrogens is 4. The molecular weight excluding hydrogens is 422 g/mol. The number of amides is 1. The van der Waals surface area contributed by atoms with Crippen LogP contribution in [0.4, 0.5) is 5.69 Å². The third-order valence-electron chi connectivity index (χ3n) is 4.96. The maximum absolute atomic E-state index is 12.8. The molecule has 1 amide bonds. The number of nitrogens with zero attached hydrogens (tertiary/aromatic N) is 4. The van der Waals surface area contributed by atoms with Gasteiger partial charge in [-0.1, -0.05) is 41.6 Å². The van der Waals surface area contributed by atoms with Crippen molar-refractivity contribution in [3.8, 4) is 10.7 Å². The summed E-state index contributed by atoms with van der Waals surface area (Å²) in [6.45, 7) is 0.711. The van der Waals surface area contributed by atoms with Crippen molar-refractivity contribution in [2.24, 2.45) is 0 Å². The van der Waals surface area contributed by atoms with Gasteiger partial charge in [0.2, 0.25) is 11.7 Å². The molecule has 3 heterocycles. The highest BCUT2D eigenvalue weighted by molar-refractivity contribution is 7.13. The van der Waals surface area contributed by atoms with Crippen molar-refractivity contribution in [2.45, 2.75) is 13.0 Å². The Balaban J connectivity index is 1.28. The fourth-order valence-electron chi connectivity index (χ4n) is 3.34. The molecule has 8 heteroatoms. The van der Waals surface area contributed by atoms with E-state index in [1.807, 2.05) is 76.8 Å². The lowest BCUT2D eigenvalue weighted by Crippen LogP contribution is -2.13. The number of rotatable bonds is 7. The van der Waals surface area contributed by atoms with Crippen LogP contribution in [0, 0.1) is 0 Å². The van der Waals surface area contributed by atoms with Crippen LogP contribution in [0.2, 0.25) is 0 Å². The van der Waals surface area contributed by atoms with Crippen LogP contribution in [-0.4, -0.2) is 25.6 Å². The predicted octanol–water partition coefficient (Wildman–Crippen LogP) is 4.89. The van der Waals surface area contributed by atoms with Crippen LogP contribution in [0.1, 0.15) is 27.4 Å². The molecule has 0 atom stereocenters. The van der Waals surface area contributed by atoms with Gasteiger partial charge in [-0.2, -0.15) is 4.98 Å². The van der Waals surface area contributed by atoms with E-state index >= 15 is 0 Å². The molecule has 0 fully saturated rings. The van der Waals surface area contributed by atoms with Gasteiger partial charge < -0.3 is 14.4 Å². The lowest BCUT2D eigenvalue weighted by atomic mass is 10.1. The van der Waals surface area contributed by atoms with Gasteiger partial charge in [-0.05, 0) is 40.8 Å². The van der Waals surface area contributed by atoms with E-state index in [0.29, 0.717) is 30.2 Å². The average molecular weight is 442 g/mol. The SMILES string of the molecule is O=C(Nc1ccccc1Cc1nc(-c2cccs2)no1)c1ccc(Cn2ccnc2)cc1. The molecule has 0 spiro atoms. The highest BCUT2D eigenvalue weighted by Crippen LogP contribution is 2.24. The van der Waals surface area contributed by atoms with E-state index < -0.39 is 0 Å².